The van der Waals surface area contributed by atoms with Crippen LogP contribution in [0.5, 0.6) is 0 Å². The van der Waals surface area contributed by atoms with Crippen LogP contribution in [0.1, 0.15) is 26.7 Å². The lowest BCUT2D eigenvalue weighted by atomic mass is 9.68. The Morgan fingerprint density at radius 3 is 2.43 bits per heavy atom. The lowest BCUT2D eigenvalue weighted by Gasteiger charge is -2.33. The maximum atomic E-state index is 12.9. The van der Waals surface area contributed by atoms with E-state index in [9.17, 15) is 14.4 Å². The van der Waals surface area contributed by atoms with Crippen molar-refractivity contribution in [2.24, 2.45) is 23.7 Å². The number of anilines is 1. The van der Waals surface area contributed by atoms with Crippen molar-refractivity contribution >= 4 is 23.5 Å². The van der Waals surface area contributed by atoms with Gasteiger partial charge in [0.05, 0.1) is 30.0 Å². The van der Waals surface area contributed by atoms with Gasteiger partial charge in [0.15, 0.2) is 0 Å². The SMILES string of the molecule is CCOC(=O)C1CCC(C)C2C(=O)N(c3ccccc3)C(=O)C12. The molecule has 0 aromatic heterocycles. The van der Waals surface area contributed by atoms with Crippen LogP contribution in [0.15, 0.2) is 30.3 Å². The summed E-state index contributed by atoms with van der Waals surface area (Å²) in [5.41, 5.74) is 0.576. The van der Waals surface area contributed by atoms with E-state index in [0.29, 0.717) is 12.1 Å². The molecular weight excluding hydrogens is 294 g/mol. The Morgan fingerprint density at radius 2 is 1.78 bits per heavy atom. The number of rotatable bonds is 3. The summed E-state index contributed by atoms with van der Waals surface area (Å²) in [5, 5.41) is 0. The van der Waals surface area contributed by atoms with E-state index in [4.69, 9.17) is 4.74 Å². The van der Waals surface area contributed by atoms with Crippen LogP contribution in [-0.4, -0.2) is 24.4 Å². The summed E-state index contributed by atoms with van der Waals surface area (Å²) in [6.07, 6.45) is 1.36. The number of carbonyl (C=O) groups is 3. The van der Waals surface area contributed by atoms with E-state index in [1.807, 2.05) is 13.0 Å². The number of fused-ring (bicyclic) bond motifs is 1. The maximum absolute atomic E-state index is 12.9. The fraction of sp³-hybridized carbons (Fsp3) is 0.500. The largest absolute Gasteiger partial charge is 0.466 e. The van der Waals surface area contributed by atoms with Gasteiger partial charge in [-0.3, -0.25) is 19.3 Å². The lowest BCUT2D eigenvalue weighted by Crippen LogP contribution is -2.40. The van der Waals surface area contributed by atoms with Gasteiger partial charge in [0, 0.05) is 0 Å². The average molecular weight is 315 g/mol. The van der Waals surface area contributed by atoms with Crippen molar-refractivity contribution in [2.75, 3.05) is 11.5 Å². The van der Waals surface area contributed by atoms with E-state index in [-0.39, 0.29) is 30.3 Å². The number of esters is 1. The van der Waals surface area contributed by atoms with Gasteiger partial charge in [0.1, 0.15) is 0 Å². The van der Waals surface area contributed by atoms with Gasteiger partial charge in [-0.05, 0) is 37.8 Å². The lowest BCUT2D eigenvalue weighted by molar-refractivity contribution is -0.155. The standard InChI is InChI=1S/C18H21NO4/c1-3-23-18(22)13-10-9-11(2)14-15(13)17(21)19(16(14)20)12-7-5-4-6-8-12/h4-8,11,13-15H,3,9-10H2,1-2H3. The van der Waals surface area contributed by atoms with Gasteiger partial charge >= 0.3 is 5.97 Å². The van der Waals surface area contributed by atoms with Gasteiger partial charge in [0.2, 0.25) is 11.8 Å². The molecule has 23 heavy (non-hydrogen) atoms. The van der Waals surface area contributed by atoms with Crippen molar-refractivity contribution in [3.05, 3.63) is 30.3 Å². The highest BCUT2D eigenvalue weighted by atomic mass is 16.5. The number of benzene rings is 1. The second-order valence-electron chi connectivity index (χ2n) is 6.31. The highest BCUT2D eigenvalue weighted by Gasteiger charge is 2.57. The Hall–Kier alpha value is -2.17. The Morgan fingerprint density at radius 1 is 1.13 bits per heavy atom. The molecule has 1 aliphatic carbocycles. The zero-order valence-corrected chi connectivity index (χ0v) is 13.4. The first-order chi connectivity index (χ1) is 11.1. The number of para-hydroxylation sites is 1. The van der Waals surface area contributed by atoms with Crippen molar-refractivity contribution in [1.82, 2.24) is 0 Å². The van der Waals surface area contributed by atoms with Crippen molar-refractivity contribution in [1.29, 1.82) is 0 Å². The van der Waals surface area contributed by atoms with Gasteiger partial charge in [-0.15, -0.1) is 0 Å². The third-order valence-corrected chi connectivity index (χ3v) is 4.98. The van der Waals surface area contributed by atoms with Crippen LogP contribution in [0.25, 0.3) is 0 Å². The number of imide groups is 1. The number of amides is 2. The fourth-order valence-corrected chi connectivity index (χ4v) is 3.88. The molecule has 1 aliphatic heterocycles. The third-order valence-electron chi connectivity index (χ3n) is 4.98. The topological polar surface area (TPSA) is 63.7 Å². The molecule has 0 N–H and O–H groups in total. The predicted molar refractivity (Wildman–Crippen MR) is 84.4 cm³/mol. The number of hydrogen-bond donors (Lipinski definition) is 0. The molecule has 3 rings (SSSR count). The van der Waals surface area contributed by atoms with E-state index in [0.717, 1.165) is 6.42 Å². The van der Waals surface area contributed by atoms with Crippen LogP contribution in [0.2, 0.25) is 0 Å². The fourth-order valence-electron chi connectivity index (χ4n) is 3.88. The van der Waals surface area contributed by atoms with Gasteiger partial charge in [-0.2, -0.15) is 0 Å². The van der Waals surface area contributed by atoms with Crippen LogP contribution >= 0.6 is 0 Å². The summed E-state index contributed by atoms with van der Waals surface area (Å²) in [6.45, 7) is 4.02. The molecule has 4 atom stereocenters. The second-order valence-corrected chi connectivity index (χ2v) is 6.31. The molecule has 0 bridgehead atoms. The summed E-state index contributed by atoms with van der Waals surface area (Å²) in [5.74, 6) is -2.25. The summed E-state index contributed by atoms with van der Waals surface area (Å²) < 4.78 is 5.13. The molecule has 2 amide bonds. The van der Waals surface area contributed by atoms with Crippen LogP contribution < -0.4 is 4.90 Å². The highest BCUT2D eigenvalue weighted by molar-refractivity contribution is 6.22. The Bertz CT molecular complexity index is 627. The molecule has 1 saturated carbocycles. The van der Waals surface area contributed by atoms with Crippen molar-refractivity contribution in [3.8, 4) is 0 Å². The Balaban J connectivity index is 1.96. The van der Waals surface area contributed by atoms with Gasteiger partial charge in [-0.1, -0.05) is 25.1 Å². The minimum atomic E-state index is -0.592. The zero-order chi connectivity index (χ0) is 16.6. The van der Waals surface area contributed by atoms with E-state index in [1.165, 1.54) is 4.90 Å². The van der Waals surface area contributed by atoms with Crippen molar-refractivity contribution in [2.45, 2.75) is 26.7 Å². The number of carbonyl (C=O) groups excluding carboxylic acids is 3. The number of hydrogen-bond acceptors (Lipinski definition) is 4. The molecule has 2 fully saturated rings. The van der Waals surface area contributed by atoms with Crippen LogP contribution in [-0.2, 0) is 19.1 Å². The van der Waals surface area contributed by atoms with Gasteiger partial charge in [0.25, 0.3) is 0 Å². The molecule has 5 heteroatoms. The molecule has 1 aromatic rings. The first kappa shape index (κ1) is 15.7. The first-order valence-corrected chi connectivity index (χ1v) is 8.15. The maximum Gasteiger partial charge on any atom is 0.309 e. The van der Waals surface area contributed by atoms with Crippen LogP contribution in [0.4, 0.5) is 5.69 Å². The van der Waals surface area contributed by atoms with Crippen molar-refractivity contribution in [3.63, 3.8) is 0 Å². The quantitative estimate of drug-likeness (QED) is 0.635. The molecule has 122 valence electrons. The number of ether oxygens (including phenoxy) is 1. The molecule has 5 nitrogen and oxygen atoms in total. The van der Waals surface area contributed by atoms with Gasteiger partial charge in [-0.25, -0.2) is 0 Å². The van der Waals surface area contributed by atoms with Crippen LogP contribution in [0.3, 0.4) is 0 Å². The Labute approximate surface area is 135 Å². The smallest absolute Gasteiger partial charge is 0.309 e. The summed E-state index contributed by atoms with van der Waals surface area (Å²) in [7, 11) is 0. The van der Waals surface area contributed by atoms with Crippen LogP contribution in [0, 0.1) is 23.7 Å². The van der Waals surface area contributed by atoms with Gasteiger partial charge < -0.3 is 4.74 Å². The van der Waals surface area contributed by atoms with E-state index >= 15 is 0 Å². The molecule has 1 aromatic carbocycles. The third kappa shape index (κ3) is 2.54. The average Bonchev–Trinajstić information content (AvgIpc) is 2.81. The summed E-state index contributed by atoms with van der Waals surface area (Å²) in [4.78, 5) is 39.2. The molecule has 0 radical (unpaired) electrons. The molecular formula is C18H21NO4. The van der Waals surface area contributed by atoms with E-state index in [1.54, 1.807) is 31.2 Å². The van der Waals surface area contributed by atoms with E-state index < -0.39 is 17.8 Å². The summed E-state index contributed by atoms with van der Waals surface area (Å²) >= 11 is 0. The second kappa shape index (κ2) is 6.14. The molecule has 1 saturated heterocycles. The molecule has 0 spiro atoms. The minimum absolute atomic E-state index is 0.0934. The molecule has 1 heterocycles. The predicted octanol–water partition coefficient (Wildman–Crippen LogP) is 2.40. The molecule has 4 unspecified atom stereocenters. The highest BCUT2D eigenvalue weighted by Crippen LogP contribution is 2.46. The monoisotopic (exact) mass is 315 g/mol. The molecule has 2 aliphatic rings. The minimum Gasteiger partial charge on any atom is -0.466 e. The first-order valence-electron chi connectivity index (χ1n) is 8.15. The van der Waals surface area contributed by atoms with E-state index in [2.05, 4.69) is 0 Å². The summed E-state index contributed by atoms with van der Waals surface area (Å²) in [6, 6.07) is 8.92. The zero-order valence-electron chi connectivity index (χ0n) is 13.4. The van der Waals surface area contributed by atoms with Crippen molar-refractivity contribution < 1.29 is 19.1 Å². The normalized spacial score (nSPS) is 30.3. The Kier molecular flexibility index (Phi) is 4.20. The number of nitrogens with zero attached hydrogens (tertiary/aromatic N) is 1.